The molecule has 0 bridgehead atoms. The Balaban J connectivity index is 2.17. The number of methoxy groups -OCH3 is 1. The van der Waals surface area contributed by atoms with Crippen molar-refractivity contribution in [1.29, 1.82) is 0 Å². The number of anilines is 1. The number of ether oxygens (including phenoxy) is 1. The number of sulfone groups is 1. The first kappa shape index (κ1) is 18.7. The highest BCUT2D eigenvalue weighted by Gasteiger charge is 2.40. The molecule has 1 aliphatic heterocycles. The highest BCUT2D eigenvalue weighted by molar-refractivity contribution is 7.93. The van der Waals surface area contributed by atoms with E-state index in [0.29, 0.717) is 5.69 Å². The van der Waals surface area contributed by atoms with Gasteiger partial charge in [-0.25, -0.2) is 16.8 Å². The van der Waals surface area contributed by atoms with Crippen LogP contribution < -0.4 is 9.04 Å². The van der Waals surface area contributed by atoms with Gasteiger partial charge in [-0.15, -0.1) is 0 Å². The fourth-order valence-electron chi connectivity index (χ4n) is 3.17. The van der Waals surface area contributed by atoms with Crippen molar-refractivity contribution in [3.05, 3.63) is 54.1 Å². The molecule has 0 N–H and O–H groups in total. The quantitative estimate of drug-likeness (QED) is 0.776. The Labute approximate surface area is 154 Å². The SMILES string of the molecule is COc1ccc(C)cc1S(=O)(=O)N(c1ccccc1)[C@@H]1CCS(=O)(=O)C1. The van der Waals surface area contributed by atoms with Crippen LogP contribution in [0, 0.1) is 6.92 Å². The second-order valence-corrected chi connectivity index (χ2v) is 10.4. The largest absolute Gasteiger partial charge is 0.495 e. The summed E-state index contributed by atoms with van der Waals surface area (Å²) in [5.41, 5.74) is 1.22. The number of sulfonamides is 1. The molecule has 8 heteroatoms. The molecule has 1 atom stereocenters. The van der Waals surface area contributed by atoms with Crippen LogP contribution in [0.15, 0.2) is 53.4 Å². The number of nitrogens with zero attached hydrogens (tertiary/aromatic N) is 1. The first-order chi connectivity index (χ1) is 12.2. The molecule has 0 radical (unpaired) electrons. The molecule has 2 aromatic carbocycles. The third kappa shape index (κ3) is 3.57. The molecule has 0 unspecified atom stereocenters. The number of hydrogen-bond acceptors (Lipinski definition) is 5. The average Bonchev–Trinajstić information content (AvgIpc) is 2.95. The summed E-state index contributed by atoms with van der Waals surface area (Å²) >= 11 is 0. The highest BCUT2D eigenvalue weighted by Crippen LogP contribution is 2.34. The van der Waals surface area contributed by atoms with Crippen molar-refractivity contribution < 1.29 is 21.6 Å². The van der Waals surface area contributed by atoms with Gasteiger partial charge < -0.3 is 4.74 Å². The maximum absolute atomic E-state index is 13.5. The van der Waals surface area contributed by atoms with E-state index in [1.54, 1.807) is 55.5 Å². The topological polar surface area (TPSA) is 80.8 Å². The summed E-state index contributed by atoms with van der Waals surface area (Å²) in [5, 5.41) is 0. The van der Waals surface area contributed by atoms with Gasteiger partial charge in [0.2, 0.25) is 0 Å². The molecular formula is C18H21NO5S2. The monoisotopic (exact) mass is 395 g/mol. The third-order valence-corrected chi connectivity index (χ3v) is 8.06. The second kappa shape index (κ2) is 6.92. The van der Waals surface area contributed by atoms with Crippen LogP contribution in [0.2, 0.25) is 0 Å². The van der Waals surface area contributed by atoms with Gasteiger partial charge in [-0.2, -0.15) is 0 Å². The van der Waals surface area contributed by atoms with Crippen LogP contribution in [0.3, 0.4) is 0 Å². The highest BCUT2D eigenvalue weighted by atomic mass is 32.2. The molecule has 0 spiro atoms. The van der Waals surface area contributed by atoms with Crippen LogP contribution in [-0.2, 0) is 19.9 Å². The molecule has 140 valence electrons. The number of aryl methyl sites for hydroxylation is 1. The zero-order valence-corrected chi connectivity index (χ0v) is 16.3. The fourth-order valence-corrected chi connectivity index (χ4v) is 6.89. The molecule has 1 aliphatic rings. The zero-order valence-electron chi connectivity index (χ0n) is 14.6. The lowest BCUT2D eigenvalue weighted by atomic mass is 10.2. The molecule has 0 saturated carbocycles. The van der Waals surface area contributed by atoms with Crippen LogP contribution in [0.5, 0.6) is 5.75 Å². The molecule has 3 rings (SSSR count). The Morgan fingerprint density at radius 1 is 1.12 bits per heavy atom. The summed E-state index contributed by atoms with van der Waals surface area (Å²) in [5.74, 6) is 0.0360. The van der Waals surface area contributed by atoms with E-state index in [1.165, 1.54) is 11.4 Å². The molecule has 2 aromatic rings. The van der Waals surface area contributed by atoms with Crippen LogP contribution in [0.1, 0.15) is 12.0 Å². The normalized spacial score (nSPS) is 19.2. The van der Waals surface area contributed by atoms with Gasteiger partial charge in [-0.3, -0.25) is 4.31 Å². The summed E-state index contributed by atoms with van der Waals surface area (Å²) in [6.45, 7) is 1.80. The van der Waals surface area contributed by atoms with Gasteiger partial charge in [-0.05, 0) is 43.2 Å². The van der Waals surface area contributed by atoms with Crippen LogP contribution in [0.25, 0.3) is 0 Å². The smallest absolute Gasteiger partial charge is 0.268 e. The predicted molar refractivity (Wildman–Crippen MR) is 101 cm³/mol. The molecule has 1 saturated heterocycles. The zero-order chi connectivity index (χ0) is 18.9. The summed E-state index contributed by atoms with van der Waals surface area (Å²) in [4.78, 5) is 0.0353. The maximum Gasteiger partial charge on any atom is 0.268 e. The maximum atomic E-state index is 13.5. The van der Waals surface area contributed by atoms with Crippen molar-refractivity contribution in [2.75, 3.05) is 22.9 Å². The van der Waals surface area contributed by atoms with Crippen molar-refractivity contribution in [2.45, 2.75) is 24.3 Å². The number of hydrogen-bond donors (Lipinski definition) is 0. The minimum atomic E-state index is -4.01. The van der Waals surface area contributed by atoms with Crippen LogP contribution in [-0.4, -0.2) is 41.5 Å². The van der Waals surface area contributed by atoms with Gasteiger partial charge >= 0.3 is 0 Å². The number of benzene rings is 2. The minimum Gasteiger partial charge on any atom is -0.495 e. The molecule has 0 aromatic heterocycles. The van der Waals surface area contributed by atoms with E-state index in [2.05, 4.69) is 0 Å². The summed E-state index contributed by atoms with van der Waals surface area (Å²) < 4.78 is 57.5. The van der Waals surface area contributed by atoms with Crippen molar-refractivity contribution >= 4 is 25.5 Å². The first-order valence-corrected chi connectivity index (χ1v) is 11.5. The summed E-state index contributed by atoms with van der Waals surface area (Å²) in [6.07, 6.45) is 0.268. The van der Waals surface area contributed by atoms with Gasteiger partial charge in [-0.1, -0.05) is 24.3 Å². The Kier molecular flexibility index (Phi) is 4.98. The van der Waals surface area contributed by atoms with Crippen molar-refractivity contribution in [3.8, 4) is 5.75 Å². The van der Waals surface area contributed by atoms with Gasteiger partial charge in [0.1, 0.15) is 10.6 Å². The summed E-state index contributed by atoms with van der Waals surface area (Å²) in [7, 11) is -5.85. The van der Waals surface area contributed by atoms with E-state index in [9.17, 15) is 16.8 Å². The Morgan fingerprint density at radius 2 is 1.81 bits per heavy atom. The van der Waals surface area contributed by atoms with Crippen LogP contribution >= 0.6 is 0 Å². The lowest BCUT2D eigenvalue weighted by Crippen LogP contribution is -2.41. The third-order valence-electron chi connectivity index (χ3n) is 4.41. The lowest BCUT2D eigenvalue weighted by molar-refractivity contribution is 0.402. The molecular weight excluding hydrogens is 374 g/mol. The van der Waals surface area contributed by atoms with E-state index in [0.717, 1.165) is 5.56 Å². The first-order valence-electron chi connectivity index (χ1n) is 8.19. The van der Waals surface area contributed by atoms with Crippen LogP contribution in [0.4, 0.5) is 5.69 Å². The molecule has 1 heterocycles. The van der Waals surface area contributed by atoms with Crippen molar-refractivity contribution in [3.63, 3.8) is 0 Å². The molecule has 0 aliphatic carbocycles. The predicted octanol–water partition coefficient (Wildman–Crippen LogP) is 2.39. The molecule has 26 heavy (non-hydrogen) atoms. The summed E-state index contributed by atoms with van der Waals surface area (Å²) in [6, 6.07) is 12.9. The Bertz CT molecular complexity index is 1000. The number of para-hydroxylation sites is 1. The Morgan fingerprint density at radius 3 is 2.38 bits per heavy atom. The standard InChI is InChI=1S/C18H21NO5S2/c1-14-8-9-17(24-2)18(12-14)26(22,23)19(15-6-4-3-5-7-15)16-10-11-25(20,21)13-16/h3-9,12,16H,10-11,13H2,1-2H3/t16-/m1/s1. The van der Waals surface area contributed by atoms with E-state index >= 15 is 0 Å². The van der Waals surface area contributed by atoms with E-state index < -0.39 is 25.9 Å². The van der Waals surface area contributed by atoms with E-state index in [4.69, 9.17) is 4.74 Å². The minimum absolute atomic E-state index is 0.0124. The number of rotatable bonds is 5. The molecule has 6 nitrogen and oxygen atoms in total. The lowest BCUT2D eigenvalue weighted by Gasteiger charge is -2.30. The average molecular weight is 396 g/mol. The second-order valence-electron chi connectivity index (χ2n) is 6.35. The van der Waals surface area contributed by atoms with Crippen molar-refractivity contribution in [1.82, 2.24) is 0 Å². The Hall–Kier alpha value is -2.06. The van der Waals surface area contributed by atoms with Crippen molar-refractivity contribution in [2.24, 2.45) is 0 Å². The van der Waals surface area contributed by atoms with E-state index in [-0.39, 0.29) is 28.6 Å². The van der Waals surface area contributed by atoms with Gasteiger partial charge in [0.15, 0.2) is 9.84 Å². The van der Waals surface area contributed by atoms with Gasteiger partial charge in [0.25, 0.3) is 10.0 Å². The molecule has 0 amide bonds. The van der Waals surface area contributed by atoms with E-state index in [1.807, 2.05) is 0 Å². The van der Waals surface area contributed by atoms with Gasteiger partial charge in [0.05, 0.1) is 30.3 Å². The molecule has 1 fully saturated rings. The fraction of sp³-hybridized carbons (Fsp3) is 0.333. The van der Waals surface area contributed by atoms with Gasteiger partial charge in [0, 0.05) is 0 Å².